The van der Waals surface area contributed by atoms with Gasteiger partial charge in [0.05, 0.1) is 15.9 Å². The van der Waals surface area contributed by atoms with Crippen molar-refractivity contribution in [2.75, 3.05) is 25.1 Å². The third kappa shape index (κ3) is 6.37. The number of carbonyl (C=O) groups excluding carboxylic acids is 1. The summed E-state index contributed by atoms with van der Waals surface area (Å²) in [6.45, 7) is 3.32. The maximum Gasteiger partial charge on any atom is 0.333 e. The zero-order valence-corrected chi connectivity index (χ0v) is 16.8. The molecule has 2 aromatic rings. The van der Waals surface area contributed by atoms with E-state index in [4.69, 9.17) is 0 Å². The van der Waals surface area contributed by atoms with E-state index in [9.17, 15) is 25.0 Å². The first-order valence-electron chi connectivity index (χ1n) is 9.91. The van der Waals surface area contributed by atoms with Gasteiger partial charge in [0.25, 0.3) is 5.69 Å². The topological polar surface area (TPSA) is 143 Å². The van der Waals surface area contributed by atoms with Crippen LogP contribution >= 0.6 is 0 Å². The number of hydrogen-bond acceptors (Lipinski definition) is 7. The number of amides is 2. The molecular formula is C20H24N6O5. The van der Waals surface area contributed by atoms with Gasteiger partial charge in [0, 0.05) is 19.2 Å². The van der Waals surface area contributed by atoms with Crippen LogP contribution < -0.4 is 16.2 Å². The van der Waals surface area contributed by atoms with Crippen molar-refractivity contribution < 1.29 is 14.6 Å². The number of urea groups is 1. The van der Waals surface area contributed by atoms with E-state index in [0.717, 1.165) is 44.6 Å². The van der Waals surface area contributed by atoms with Crippen molar-refractivity contribution in [2.45, 2.75) is 19.4 Å². The predicted octanol–water partition coefficient (Wildman–Crippen LogP) is 3.04. The van der Waals surface area contributed by atoms with Crippen molar-refractivity contribution in [1.29, 1.82) is 0 Å². The zero-order chi connectivity index (χ0) is 22.2. The molecule has 2 aromatic carbocycles. The van der Waals surface area contributed by atoms with Crippen LogP contribution in [0.25, 0.3) is 0 Å². The Morgan fingerprint density at radius 2 is 1.74 bits per heavy atom. The van der Waals surface area contributed by atoms with Gasteiger partial charge in [-0.15, -0.1) is 0 Å². The monoisotopic (exact) mass is 428 g/mol. The number of nitro benzene ring substituents is 2. The van der Waals surface area contributed by atoms with Crippen LogP contribution in [0.5, 0.6) is 0 Å². The third-order valence-electron chi connectivity index (χ3n) is 5.21. The molecule has 3 N–H and O–H groups in total. The summed E-state index contributed by atoms with van der Waals surface area (Å²) in [5.41, 5.74) is 5.13. The maximum atomic E-state index is 12.0. The number of carbonyl (C=O) groups is 1. The highest BCUT2D eigenvalue weighted by atomic mass is 16.6. The fourth-order valence-corrected chi connectivity index (χ4v) is 3.49. The second-order valence-electron chi connectivity index (χ2n) is 7.38. The number of nitro groups is 2. The van der Waals surface area contributed by atoms with Crippen LogP contribution in [-0.4, -0.2) is 40.4 Å². The molecule has 0 saturated carbocycles. The van der Waals surface area contributed by atoms with Gasteiger partial charge in [0.1, 0.15) is 5.69 Å². The molecule has 0 bridgehead atoms. The van der Waals surface area contributed by atoms with Crippen LogP contribution in [0.2, 0.25) is 0 Å². The van der Waals surface area contributed by atoms with Crippen LogP contribution in [0, 0.1) is 26.1 Å². The highest BCUT2D eigenvalue weighted by Gasteiger charge is 2.21. The Labute approximate surface area is 178 Å². The molecule has 0 spiro atoms. The first kappa shape index (κ1) is 22.0. The SMILES string of the molecule is O=C(NCC1CCN(Cc2ccccc2)CC1)NNc1ccc([N+](=O)[O-])cc1[N+](=O)[O-]. The Hall–Kier alpha value is -3.73. The average molecular weight is 428 g/mol. The van der Waals surface area contributed by atoms with Gasteiger partial charge in [-0.25, -0.2) is 4.79 Å². The molecule has 1 aliphatic heterocycles. The molecule has 0 aliphatic carbocycles. The lowest BCUT2D eigenvalue weighted by molar-refractivity contribution is -0.393. The Bertz CT molecular complexity index is 931. The molecule has 0 radical (unpaired) electrons. The van der Waals surface area contributed by atoms with Gasteiger partial charge >= 0.3 is 11.7 Å². The first-order chi connectivity index (χ1) is 14.9. The van der Waals surface area contributed by atoms with Crippen molar-refractivity contribution in [2.24, 2.45) is 5.92 Å². The minimum Gasteiger partial charge on any atom is -0.336 e. The largest absolute Gasteiger partial charge is 0.336 e. The average Bonchev–Trinajstić information content (AvgIpc) is 2.77. The molecule has 11 nitrogen and oxygen atoms in total. The number of nitrogens with zero attached hydrogens (tertiary/aromatic N) is 3. The Morgan fingerprint density at radius 1 is 1.03 bits per heavy atom. The van der Waals surface area contributed by atoms with E-state index >= 15 is 0 Å². The van der Waals surface area contributed by atoms with Crippen LogP contribution in [-0.2, 0) is 6.54 Å². The Kier molecular flexibility index (Phi) is 7.33. The van der Waals surface area contributed by atoms with E-state index in [-0.39, 0.29) is 5.69 Å². The Morgan fingerprint density at radius 3 is 2.39 bits per heavy atom. The van der Waals surface area contributed by atoms with Gasteiger partial charge in [0.2, 0.25) is 0 Å². The van der Waals surface area contributed by atoms with E-state index < -0.39 is 27.3 Å². The predicted molar refractivity (Wildman–Crippen MR) is 114 cm³/mol. The fraction of sp³-hybridized carbons (Fsp3) is 0.350. The summed E-state index contributed by atoms with van der Waals surface area (Å²) in [5.74, 6) is 0.353. The minimum atomic E-state index is -0.752. The normalized spacial score (nSPS) is 14.6. The summed E-state index contributed by atoms with van der Waals surface area (Å²) in [4.78, 5) is 34.9. The second-order valence-corrected chi connectivity index (χ2v) is 7.38. The third-order valence-corrected chi connectivity index (χ3v) is 5.21. The summed E-state index contributed by atoms with van der Waals surface area (Å²) in [6, 6.07) is 12.9. The van der Waals surface area contributed by atoms with Crippen LogP contribution in [0.1, 0.15) is 18.4 Å². The molecule has 1 aliphatic rings. The van der Waals surface area contributed by atoms with E-state index in [1.54, 1.807) is 0 Å². The van der Waals surface area contributed by atoms with Gasteiger partial charge in [-0.3, -0.25) is 36.0 Å². The van der Waals surface area contributed by atoms with Gasteiger partial charge < -0.3 is 5.32 Å². The quantitative estimate of drug-likeness (QED) is 0.433. The van der Waals surface area contributed by atoms with Crippen molar-refractivity contribution in [3.8, 4) is 0 Å². The van der Waals surface area contributed by atoms with Crippen molar-refractivity contribution in [3.63, 3.8) is 0 Å². The highest BCUT2D eigenvalue weighted by Crippen LogP contribution is 2.28. The lowest BCUT2D eigenvalue weighted by Gasteiger charge is -2.32. The summed E-state index contributed by atoms with van der Waals surface area (Å²) in [6.07, 6.45) is 1.93. The van der Waals surface area contributed by atoms with E-state index in [2.05, 4.69) is 33.2 Å². The summed E-state index contributed by atoms with van der Waals surface area (Å²) >= 11 is 0. The van der Waals surface area contributed by atoms with Crippen molar-refractivity contribution in [3.05, 3.63) is 74.3 Å². The molecule has 2 amide bonds. The molecule has 1 saturated heterocycles. The number of anilines is 1. The molecule has 31 heavy (non-hydrogen) atoms. The lowest BCUT2D eigenvalue weighted by atomic mass is 9.96. The number of rotatable bonds is 8. The molecule has 3 rings (SSSR count). The summed E-state index contributed by atoms with van der Waals surface area (Å²) in [7, 11) is 0. The van der Waals surface area contributed by atoms with Gasteiger partial charge in [-0.2, -0.15) is 0 Å². The van der Waals surface area contributed by atoms with Crippen LogP contribution in [0.4, 0.5) is 21.9 Å². The fourth-order valence-electron chi connectivity index (χ4n) is 3.49. The Balaban J connectivity index is 1.41. The molecule has 1 fully saturated rings. The maximum absolute atomic E-state index is 12.0. The molecule has 0 unspecified atom stereocenters. The standard InChI is InChI=1S/C20H24N6O5/c27-20(23-22-18-7-6-17(25(28)29)12-19(18)26(30)31)21-13-15-8-10-24(11-9-15)14-16-4-2-1-3-5-16/h1-7,12,15,22H,8-11,13-14H2,(H2,21,23,27). The number of non-ortho nitro benzene ring substituents is 1. The summed E-state index contributed by atoms with van der Waals surface area (Å²) < 4.78 is 0. The highest BCUT2D eigenvalue weighted by molar-refractivity contribution is 5.77. The summed E-state index contributed by atoms with van der Waals surface area (Å²) in [5, 5.41) is 24.7. The van der Waals surface area contributed by atoms with Gasteiger partial charge in [0.15, 0.2) is 0 Å². The smallest absolute Gasteiger partial charge is 0.333 e. The number of nitrogens with one attached hydrogen (secondary N) is 3. The molecule has 11 heteroatoms. The van der Waals surface area contributed by atoms with E-state index in [1.165, 1.54) is 11.6 Å². The number of hydrazine groups is 1. The molecule has 1 heterocycles. The number of piperidine rings is 1. The zero-order valence-electron chi connectivity index (χ0n) is 16.8. The minimum absolute atomic E-state index is 0.0417. The number of benzene rings is 2. The van der Waals surface area contributed by atoms with Crippen molar-refractivity contribution in [1.82, 2.24) is 15.6 Å². The van der Waals surface area contributed by atoms with Crippen LogP contribution in [0.15, 0.2) is 48.5 Å². The number of hydrogen-bond donors (Lipinski definition) is 3. The number of likely N-dealkylation sites (tertiary alicyclic amines) is 1. The molecule has 0 aromatic heterocycles. The van der Waals surface area contributed by atoms with Crippen LogP contribution in [0.3, 0.4) is 0 Å². The van der Waals surface area contributed by atoms with Crippen molar-refractivity contribution >= 4 is 23.1 Å². The molecule has 164 valence electrons. The first-order valence-corrected chi connectivity index (χ1v) is 9.91. The molecule has 0 atom stereocenters. The molecular weight excluding hydrogens is 404 g/mol. The van der Waals surface area contributed by atoms with Gasteiger partial charge in [-0.05, 0) is 43.5 Å². The van der Waals surface area contributed by atoms with E-state index in [1.807, 2.05) is 18.2 Å². The van der Waals surface area contributed by atoms with Gasteiger partial charge in [-0.1, -0.05) is 30.3 Å². The lowest BCUT2D eigenvalue weighted by Crippen LogP contribution is -2.43. The second kappa shape index (κ2) is 10.3. The van der Waals surface area contributed by atoms with E-state index in [0.29, 0.717) is 12.5 Å².